The molecular weight excluding hydrogens is 404 g/mol. The predicted molar refractivity (Wildman–Crippen MR) is 104 cm³/mol. The number of fused-ring (bicyclic) bond motifs is 1. The third-order valence-electron chi connectivity index (χ3n) is 4.36. The maximum atomic E-state index is 5.87. The first-order valence-corrected chi connectivity index (χ1v) is 9.23. The number of pyridine rings is 1. The molecule has 0 saturated carbocycles. The molecule has 12 nitrogen and oxygen atoms in total. The van der Waals surface area contributed by atoms with Gasteiger partial charge in [0.05, 0.1) is 18.4 Å². The predicted octanol–water partition coefficient (Wildman–Crippen LogP) is 2.43. The van der Waals surface area contributed by atoms with Gasteiger partial charge in [0.2, 0.25) is 5.82 Å². The van der Waals surface area contributed by atoms with Crippen LogP contribution in [0.1, 0.15) is 17.3 Å². The zero-order valence-corrected chi connectivity index (χ0v) is 16.8. The Morgan fingerprint density at radius 2 is 1.97 bits per heavy atom. The molecule has 0 radical (unpaired) electrons. The maximum Gasteiger partial charge on any atom is 0.275 e. The van der Waals surface area contributed by atoms with Gasteiger partial charge in [-0.1, -0.05) is 10.3 Å². The Kier molecular flexibility index (Phi) is 4.50. The first-order valence-electron chi connectivity index (χ1n) is 9.23. The van der Waals surface area contributed by atoms with E-state index in [4.69, 9.17) is 18.5 Å². The normalized spacial score (nSPS) is 11.2. The Morgan fingerprint density at radius 3 is 2.65 bits per heavy atom. The number of hydrogen-bond donors (Lipinski definition) is 0. The Morgan fingerprint density at radius 1 is 1.06 bits per heavy atom. The van der Waals surface area contributed by atoms with Gasteiger partial charge in [0, 0.05) is 18.3 Å². The van der Waals surface area contributed by atoms with Crippen LogP contribution in [0, 0.1) is 13.8 Å². The molecule has 5 heterocycles. The van der Waals surface area contributed by atoms with Crippen molar-refractivity contribution in [3.05, 3.63) is 47.7 Å². The van der Waals surface area contributed by atoms with Crippen LogP contribution in [0.5, 0.6) is 11.6 Å². The summed E-state index contributed by atoms with van der Waals surface area (Å²) in [6.45, 7) is 3.71. The van der Waals surface area contributed by atoms with Crippen LogP contribution < -0.4 is 9.47 Å². The first-order chi connectivity index (χ1) is 15.1. The van der Waals surface area contributed by atoms with E-state index in [1.165, 1.54) is 11.6 Å². The summed E-state index contributed by atoms with van der Waals surface area (Å²) >= 11 is 0. The number of aryl methyl sites for hydroxylation is 2. The van der Waals surface area contributed by atoms with E-state index in [2.05, 4.69) is 35.6 Å². The first kappa shape index (κ1) is 18.7. The molecule has 5 aromatic heterocycles. The van der Waals surface area contributed by atoms with Crippen molar-refractivity contribution in [2.24, 2.45) is 0 Å². The van der Waals surface area contributed by atoms with Crippen molar-refractivity contribution >= 4 is 5.65 Å². The van der Waals surface area contributed by atoms with E-state index in [-0.39, 0.29) is 12.5 Å². The van der Waals surface area contributed by atoms with Crippen molar-refractivity contribution in [3.63, 3.8) is 0 Å². The van der Waals surface area contributed by atoms with Crippen LogP contribution in [0.4, 0.5) is 0 Å². The molecule has 0 aliphatic rings. The smallest absolute Gasteiger partial charge is 0.275 e. The van der Waals surface area contributed by atoms with Gasteiger partial charge in [-0.25, -0.2) is 0 Å². The van der Waals surface area contributed by atoms with Crippen molar-refractivity contribution in [1.29, 1.82) is 0 Å². The highest BCUT2D eigenvalue weighted by atomic mass is 16.5. The minimum atomic E-state index is 0.165. The Hall–Kier alpha value is -4.35. The average molecular weight is 420 g/mol. The molecule has 5 aromatic rings. The summed E-state index contributed by atoms with van der Waals surface area (Å²) < 4.78 is 23.0. The molecule has 12 heteroatoms. The van der Waals surface area contributed by atoms with Gasteiger partial charge in [-0.05, 0) is 26.0 Å². The lowest BCUT2D eigenvalue weighted by Crippen LogP contribution is -2.05. The summed E-state index contributed by atoms with van der Waals surface area (Å²) in [5.41, 5.74) is 2.40. The van der Waals surface area contributed by atoms with E-state index in [9.17, 15) is 0 Å². The van der Waals surface area contributed by atoms with Crippen LogP contribution in [0.15, 0.2) is 39.5 Å². The second kappa shape index (κ2) is 7.48. The van der Waals surface area contributed by atoms with Gasteiger partial charge in [0.25, 0.3) is 11.8 Å². The van der Waals surface area contributed by atoms with Gasteiger partial charge in [-0.3, -0.25) is 4.98 Å². The monoisotopic (exact) mass is 420 g/mol. The zero-order valence-electron chi connectivity index (χ0n) is 16.8. The largest absolute Gasteiger partial charge is 0.491 e. The van der Waals surface area contributed by atoms with Crippen LogP contribution in [-0.2, 0) is 6.61 Å². The maximum absolute atomic E-state index is 5.87. The minimum Gasteiger partial charge on any atom is -0.491 e. The Bertz CT molecular complexity index is 1360. The molecule has 0 unspecified atom stereocenters. The average Bonchev–Trinajstić information content (AvgIpc) is 3.51. The van der Waals surface area contributed by atoms with Crippen molar-refractivity contribution in [3.8, 4) is 34.6 Å². The number of aromatic nitrogens is 8. The lowest BCUT2D eigenvalue weighted by Gasteiger charge is -2.10. The SMILES string of the molecule is COc1cc2nnc(-c3cc(C)on3)n2nc1OCc1ccc(-c2nc(C)no2)cn1. The summed E-state index contributed by atoms with van der Waals surface area (Å²) in [6, 6.07) is 7.07. The second-order valence-corrected chi connectivity index (χ2v) is 6.61. The van der Waals surface area contributed by atoms with Crippen molar-refractivity contribution < 1.29 is 18.5 Å². The third-order valence-corrected chi connectivity index (χ3v) is 4.36. The molecule has 156 valence electrons. The molecule has 0 spiro atoms. The van der Waals surface area contributed by atoms with Crippen LogP contribution in [0.25, 0.3) is 28.6 Å². The summed E-state index contributed by atoms with van der Waals surface area (Å²) in [4.78, 5) is 8.56. The van der Waals surface area contributed by atoms with Gasteiger partial charge in [0.1, 0.15) is 12.4 Å². The van der Waals surface area contributed by atoms with Crippen molar-refractivity contribution in [2.75, 3.05) is 7.11 Å². The number of hydrogen-bond acceptors (Lipinski definition) is 11. The van der Waals surface area contributed by atoms with Crippen LogP contribution in [0.3, 0.4) is 0 Å². The second-order valence-electron chi connectivity index (χ2n) is 6.61. The van der Waals surface area contributed by atoms with Crippen LogP contribution >= 0.6 is 0 Å². The Labute approximate surface area is 174 Å². The van der Waals surface area contributed by atoms with E-state index in [1.807, 2.05) is 12.1 Å². The molecule has 0 amide bonds. The van der Waals surface area contributed by atoms with E-state index in [0.717, 1.165) is 5.56 Å². The molecule has 0 bridgehead atoms. The molecule has 0 saturated heterocycles. The minimum absolute atomic E-state index is 0.165. The lowest BCUT2D eigenvalue weighted by molar-refractivity contribution is 0.264. The van der Waals surface area contributed by atoms with Gasteiger partial charge in [-0.15, -0.1) is 15.3 Å². The molecule has 0 N–H and O–H groups in total. The van der Waals surface area contributed by atoms with Gasteiger partial charge >= 0.3 is 0 Å². The number of nitrogens with zero attached hydrogens (tertiary/aromatic N) is 8. The molecule has 0 fully saturated rings. The highest BCUT2D eigenvalue weighted by Crippen LogP contribution is 2.28. The van der Waals surface area contributed by atoms with Gasteiger partial charge in [0.15, 0.2) is 22.9 Å². The quantitative estimate of drug-likeness (QED) is 0.400. The lowest BCUT2D eigenvalue weighted by atomic mass is 10.2. The number of ether oxygens (including phenoxy) is 2. The van der Waals surface area contributed by atoms with Crippen LogP contribution in [-0.4, -0.2) is 47.2 Å². The molecule has 0 aliphatic carbocycles. The topological polar surface area (TPSA) is 139 Å². The van der Waals surface area contributed by atoms with Crippen LogP contribution in [0.2, 0.25) is 0 Å². The molecule has 0 atom stereocenters. The fourth-order valence-corrected chi connectivity index (χ4v) is 2.87. The molecule has 5 rings (SSSR count). The summed E-state index contributed by atoms with van der Waals surface area (Å²) in [5, 5.41) is 20.5. The van der Waals surface area contributed by atoms with Crippen molar-refractivity contribution in [1.82, 2.24) is 40.1 Å². The standard InChI is InChI=1S/C19H16N8O4/c1-10-6-14(26-30-10)17-23-22-16-7-15(28-3)19(24-27(16)17)29-9-13-5-4-12(8-20-13)18-21-11(2)25-31-18/h4-8H,9H2,1-3H3. The van der Waals surface area contributed by atoms with E-state index >= 15 is 0 Å². The number of rotatable bonds is 6. The number of methoxy groups -OCH3 is 1. The summed E-state index contributed by atoms with van der Waals surface area (Å²) in [5.74, 6) is 2.73. The highest BCUT2D eigenvalue weighted by Gasteiger charge is 2.18. The van der Waals surface area contributed by atoms with E-state index in [0.29, 0.717) is 46.1 Å². The summed E-state index contributed by atoms with van der Waals surface area (Å²) in [6.07, 6.45) is 1.64. The Balaban J connectivity index is 1.40. The fraction of sp³-hybridized carbons (Fsp3) is 0.211. The fourth-order valence-electron chi connectivity index (χ4n) is 2.87. The third kappa shape index (κ3) is 3.54. The zero-order chi connectivity index (χ0) is 21.4. The van der Waals surface area contributed by atoms with Crippen molar-refractivity contribution in [2.45, 2.75) is 20.5 Å². The molecule has 0 aliphatic heterocycles. The van der Waals surface area contributed by atoms with E-state index in [1.54, 1.807) is 32.2 Å². The molecule has 31 heavy (non-hydrogen) atoms. The van der Waals surface area contributed by atoms with Gasteiger partial charge in [-0.2, -0.15) is 9.50 Å². The molecule has 0 aromatic carbocycles. The molecular formula is C19H16N8O4. The highest BCUT2D eigenvalue weighted by molar-refractivity contribution is 5.57. The summed E-state index contributed by atoms with van der Waals surface area (Å²) in [7, 11) is 1.53. The van der Waals surface area contributed by atoms with E-state index < -0.39 is 0 Å². The van der Waals surface area contributed by atoms with Gasteiger partial charge < -0.3 is 18.5 Å².